The molecular formula is C16H27NO3. The van der Waals surface area contributed by atoms with Crippen molar-refractivity contribution in [1.82, 2.24) is 5.32 Å². The Hall–Kier alpha value is -1.06. The minimum atomic E-state index is -0.706. The summed E-state index contributed by atoms with van der Waals surface area (Å²) in [6.45, 7) is 2.20. The van der Waals surface area contributed by atoms with E-state index in [1.807, 2.05) is 0 Å². The minimum Gasteiger partial charge on any atom is -0.481 e. The van der Waals surface area contributed by atoms with Gasteiger partial charge in [0.25, 0.3) is 0 Å². The Labute approximate surface area is 121 Å². The molecule has 2 saturated carbocycles. The predicted octanol–water partition coefficient (Wildman–Crippen LogP) is 2.96. The molecule has 2 N–H and O–H groups in total. The van der Waals surface area contributed by atoms with Crippen LogP contribution in [0, 0.1) is 17.8 Å². The van der Waals surface area contributed by atoms with Crippen LogP contribution in [0.2, 0.25) is 0 Å². The van der Waals surface area contributed by atoms with Crippen LogP contribution in [-0.2, 0) is 9.59 Å². The Balaban J connectivity index is 1.81. The fraction of sp³-hybridized carbons (Fsp3) is 0.875. The SMILES string of the molecule is CCC1CCCCC1NC(=O)C1CCC(C(=O)O)CC1. The molecule has 0 radical (unpaired) electrons. The number of nitrogens with one attached hydrogen (secondary N) is 1. The Morgan fingerprint density at radius 3 is 2.20 bits per heavy atom. The van der Waals surface area contributed by atoms with Gasteiger partial charge < -0.3 is 10.4 Å². The van der Waals surface area contributed by atoms with Crippen LogP contribution in [0.25, 0.3) is 0 Å². The standard InChI is InChI=1S/C16H27NO3/c1-2-11-5-3-4-6-14(11)17-15(18)12-7-9-13(10-8-12)16(19)20/h11-14H,2-10H2,1H3,(H,17,18)(H,19,20). The summed E-state index contributed by atoms with van der Waals surface area (Å²) in [4.78, 5) is 23.3. The molecule has 2 unspecified atom stereocenters. The second-order valence-electron chi connectivity index (χ2n) is 6.45. The number of hydrogen-bond donors (Lipinski definition) is 2. The minimum absolute atomic E-state index is 0.0324. The molecule has 114 valence electrons. The summed E-state index contributed by atoms with van der Waals surface area (Å²) in [5.74, 6) is -0.119. The molecule has 2 rings (SSSR count). The van der Waals surface area contributed by atoms with Gasteiger partial charge in [-0.2, -0.15) is 0 Å². The van der Waals surface area contributed by atoms with Gasteiger partial charge >= 0.3 is 5.97 Å². The third kappa shape index (κ3) is 3.74. The van der Waals surface area contributed by atoms with Crippen LogP contribution in [0.3, 0.4) is 0 Å². The highest BCUT2D eigenvalue weighted by Gasteiger charge is 2.32. The first kappa shape index (κ1) is 15.3. The number of carboxylic acids is 1. The molecule has 4 heteroatoms. The van der Waals surface area contributed by atoms with E-state index in [0.717, 1.165) is 25.7 Å². The summed E-state index contributed by atoms with van der Waals surface area (Å²) in [7, 11) is 0. The Kier molecular flexibility index (Phi) is 5.44. The number of carbonyl (C=O) groups excluding carboxylic acids is 1. The van der Waals surface area contributed by atoms with Crippen molar-refractivity contribution in [2.75, 3.05) is 0 Å². The van der Waals surface area contributed by atoms with E-state index in [0.29, 0.717) is 24.8 Å². The van der Waals surface area contributed by atoms with Crippen LogP contribution in [0.5, 0.6) is 0 Å². The van der Waals surface area contributed by atoms with Crippen LogP contribution in [0.4, 0.5) is 0 Å². The zero-order valence-electron chi connectivity index (χ0n) is 12.4. The monoisotopic (exact) mass is 281 g/mol. The topological polar surface area (TPSA) is 66.4 Å². The van der Waals surface area contributed by atoms with E-state index in [2.05, 4.69) is 12.2 Å². The summed E-state index contributed by atoms with van der Waals surface area (Å²) in [6, 6.07) is 0.346. The number of aliphatic carboxylic acids is 1. The molecule has 0 bridgehead atoms. The Bertz CT molecular complexity index is 348. The summed E-state index contributed by atoms with van der Waals surface area (Å²) in [6.07, 6.45) is 8.73. The number of hydrogen-bond acceptors (Lipinski definition) is 2. The van der Waals surface area contributed by atoms with E-state index in [9.17, 15) is 9.59 Å². The molecule has 0 spiro atoms. The highest BCUT2D eigenvalue weighted by atomic mass is 16.4. The van der Waals surface area contributed by atoms with Gasteiger partial charge in [0.1, 0.15) is 0 Å². The molecule has 0 heterocycles. The van der Waals surface area contributed by atoms with E-state index < -0.39 is 5.97 Å². The Morgan fingerprint density at radius 2 is 1.60 bits per heavy atom. The average Bonchev–Trinajstić information content (AvgIpc) is 2.48. The summed E-state index contributed by atoms with van der Waals surface area (Å²) >= 11 is 0. The highest BCUT2D eigenvalue weighted by Crippen LogP contribution is 2.31. The molecule has 2 aliphatic carbocycles. The zero-order valence-corrected chi connectivity index (χ0v) is 12.4. The molecule has 20 heavy (non-hydrogen) atoms. The van der Waals surface area contributed by atoms with Gasteiger partial charge in [-0.1, -0.05) is 26.2 Å². The fourth-order valence-electron chi connectivity index (χ4n) is 3.79. The van der Waals surface area contributed by atoms with Crippen molar-refractivity contribution in [3.05, 3.63) is 0 Å². The zero-order chi connectivity index (χ0) is 14.5. The van der Waals surface area contributed by atoms with Gasteiger partial charge in [0, 0.05) is 12.0 Å². The smallest absolute Gasteiger partial charge is 0.306 e. The average molecular weight is 281 g/mol. The predicted molar refractivity (Wildman–Crippen MR) is 77.3 cm³/mol. The first-order chi connectivity index (χ1) is 9.61. The van der Waals surface area contributed by atoms with Crippen molar-refractivity contribution >= 4 is 11.9 Å². The summed E-state index contributed by atoms with van der Waals surface area (Å²) < 4.78 is 0. The Morgan fingerprint density at radius 1 is 1.00 bits per heavy atom. The molecule has 0 aromatic carbocycles. The van der Waals surface area contributed by atoms with Crippen molar-refractivity contribution in [2.24, 2.45) is 17.8 Å². The van der Waals surface area contributed by atoms with E-state index >= 15 is 0 Å². The first-order valence-corrected chi connectivity index (χ1v) is 8.15. The van der Waals surface area contributed by atoms with E-state index in [-0.39, 0.29) is 17.7 Å². The lowest BCUT2D eigenvalue weighted by atomic mass is 9.80. The van der Waals surface area contributed by atoms with Crippen molar-refractivity contribution in [3.8, 4) is 0 Å². The molecule has 2 fully saturated rings. The quantitative estimate of drug-likeness (QED) is 0.832. The van der Waals surface area contributed by atoms with Crippen LogP contribution in [-0.4, -0.2) is 23.0 Å². The highest BCUT2D eigenvalue weighted by molar-refractivity contribution is 5.79. The molecule has 1 amide bonds. The van der Waals surface area contributed by atoms with Gasteiger partial charge in [-0.3, -0.25) is 9.59 Å². The molecule has 2 atom stereocenters. The summed E-state index contributed by atoms with van der Waals surface area (Å²) in [5.41, 5.74) is 0. The molecule has 0 aliphatic heterocycles. The molecule has 0 aromatic rings. The maximum absolute atomic E-state index is 12.3. The van der Waals surface area contributed by atoms with Crippen LogP contribution < -0.4 is 5.32 Å². The van der Waals surface area contributed by atoms with E-state index in [1.54, 1.807) is 0 Å². The normalized spacial score (nSPS) is 34.5. The van der Waals surface area contributed by atoms with Crippen molar-refractivity contribution < 1.29 is 14.7 Å². The molecule has 2 aliphatic rings. The lowest BCUT2D eigenvalue weighted by molar-refractivity contribution is -0.144. The number of amides is 1. The van der Waals surface area contributed by atoms with Gasteiger partial charge in [-0.25, -0.2) is 0 Å². The largest absolute Gasteiger partial charge is 0.481 e. The van der Waals surface area contributed by atoms with Gasteiger partial charge in [-0.15, -0.1) is 0 Å². The molecule has 0 aromatic heterocycles. The maximum atomic E-state index is 12.3. The molecular weight excluding hydrogens is 254 g/mol. The number of rotatable bonds is 4. The molecule has 0 saturated heterocycles. The first-order valence-electron chi connectivity index (χ1n) is 8.15. The summed E-state index contributed by atoms with van der Waals surface area (Å²) in [5, 5.41) is 12.2. The van der Waals surface area contributed by atoms with Crippen LogP contribution in [0.15, 0.2) is 0 Å². The van der Waals surface area contributed by atoms with E-state index in [1.165, 1.54) is 19.3 Å². The number of carbonyl (C=O) groups is 2. The van der Waals surface area contributed by atoms with Crippen molar-refractivity contribution in [1.29, 1.82) is 0 Å². The van der Waals surface area contributed by atoms with Gasteiger partial charge in [0.2, 0.25) is 5.91 Å². The number of carboxylic acid groups (broad SMARTS) is 1. The fourth-order valence-corrected chi connectivity index (χ4v) is 3.79. The van der Waals surface area contributed by atoms with Gasteiger partial charge in [-0.05, 0) is 44.4 Å². The van der Waals surface area contributed by atoms with Gasteiger partial charge in [0.05, 0.1) is 5.92 Å². The van der Waals surface area contributed by atoms with Crippen LogP contribution in [0.1, 0.15) is 64.7 Å². The third-order valence-electron chi connectivity index (χ3n) is 5.21. The van der Waals surface area contributed by atoms with E-state index in [4.69, 9.17) is 5.11 Å². The van der Waals surface area contributed by atoms with Gasteiger partial charge in [0.15, 0.2) is 0 Å². The lowest BCUT2D eigenvalue weighted by Crippen LogP contribution is -2.45. The van der Waals surface area contributed by atoms with Crippen molar-refractivity contribution in [2.45, 2.75) is 70.8 Å². The van der Waals surface area contributed by atoms with Crippen molar-refractivity contribution in [3.63, 3.8) is 0 Å². The second-order valence-corrected chi connectivity index (χ2v) is 6.45. The second kappa shape index (κ2) is 7.09. The lowest BCUT2D eigenvalue weighted by Gasteiger charge is -2.33. The molecule has 4 nitrogen and oxygen atoms in total. The third-order valence-corrected chi connectivity index (χ3v) is 5.21. The maximum Gasteiger partial charge on any atom is 0.306 e. The van der Waals surface area contributed by atoms with Crippen LogP contribution >= 0.6 is 0 Å².